The van der Waals surface area contributed by atoms with E-state index < -0.39 is 0 Å². The topological polar surface area (TPSA) is 52.5 Å². The third-order valence-electron chi connectivity index (χ3n) is 11.5. The number of pyridine rings is 2. The smallest absolute Gasteiger partial charge is 0.0688 e. The Morgan fingerprint density at radius 3 is 1.52 bits per heavy atom. The van der Waals surface area contributed by atoms with Crippen LogP contribution in [0.5, 0.6) is 0 Å². The van der Waals surface area contributed by atoms with Gasteiger partial charge in [0.15, 0.2) is 0 Å². The summed E-state index contributed by atoms with van der Waals surface area (Å²) in [6.45, 7) is 6.73. The van der Waals surface area contributed by atoms with Crippen molar-refractivity contribution in [2.24, 2.45) is 11.8 Å². The Morgan fingerprint density at radius 2 is 1.10 bits per heavy atom. The van der Waals surface area contributed by atoms with E-state index in [1.54, 1.807) is 0 Å². The van der Waals surface area contributed by atoms with Crippen molar-refractivity contribution in [3.05, 3.63) is 125 Å². The molecular weight excluding hydrogens is 819 g/mol. The Bertz CT molecular complexity index is 1860. The monoisotopic (exact) mass is 862 g/mol. The zero-order valence-corrected chi connectivity index (χ0v) is 34.7. The van der Waals surface area contributed by atoms with Gasteiger partial charge < -0.3 is 14.9 Å². The highest BCUT2D eigenvalue weighted by Crippen LogP contribution is 2.47. The molecule has 0 spiro atoms. The molecule has 2 unspecified atom stereocenters. The number of piperidine rings is 2. The van der Waals surface area contributed by atoms with Gasteiger partial charge in [-0.25, -0.2) is 0 Å². The largest absolute Gasteiger partial charge is 0.392 e. The summed E-state index contributed by atoms with van der Waals surface area (Å²) in [6, 6.07) is 16.8. The number of hydrogen-bond donors (Lipinski definition) is 1. The molecule has 0 amide bonds. The zero-order chi connectivity index (χ0) is 36.5. The maximum Gasteiger partial charge on any atom is 0.0688 e. The summed E-state index contributed by atoms with van der Waals surface area (Å²) in [4.78, 5) is 14.6. The van der Waals surface area contributed by atoms with Crippen LogP contribution >= 0.6 is 55.1 Å². The average molecular weight is 866 g/mol. The molecule has 272 valence electrons. The molecule has 4 aromatic rings. The third-order valence-corrected chi connectivity index (χ3v) is 12.8. The minimum atomic E-state index is -0.0167. The van der Waals surface area contributed by atoms with Crippen LogP contribution in [0.15, 0.2) is 69.9 Å². The van der Waals surface area contributed by atoms with Crippen LogP contribution in [0.1, 0.15) is 95.6 Å². The number of allylic oxidation sites excluding steroid dienone is 1. The number of hydrogen-bond acceptors (Lipinski definition) is 5. The number of nitrogens with zero attached hydrogens (tertiary/aromatic N) is 4. The minimum absolute atomic E-state index is 0.0167. The second kappa shape index (κ2) is 16.6. The predicted molar refractivity (Wildman–Crippen MR) is 224 cm³/mol. The Hall–Kier alpha value is -2.36. The Labute approximate surface area is 335 Å². The van der Waals surface area contributed by atoms with Gasteiger partial charge in [-0.3, -0.25) is 9.97 Å². The molecule has 1 N–H and O–H groups in total. The zero-order valence-electron chi connectivity index (χ0n) is 30.1. The van der Waals surface area contributed by atoms with Gasteiger partial charge in [-0.2, -0.15) is 0 Å². The maximum atomic E-state index is 10.0. The van der Waals surface area contributed by atoms with Gasteiger partial charge in [-0.1, -0.05) is 48.3 Å². The summed E-state index contributed by atoms with van der Waals surface area (Å²) < 4.78 is 1.98. The first-order valence-corrected chi connectivity index (χ1v) is 20.8. The fraction of sp³-hybridized carbons (Fsp3) is 0.395. The van der Waals surface area contributed by atoms with E-state index in [0.717, 1.165) is 86.8 Å². The standard InChI is InChI=1S/C22H24BrClN2.C21H22BrClN2O/c1-3-14-10-16-11-18(24)4-5-19(16)21(15-6-8-26(2)9-7-15)22-20(14)12-17(23)13-25-22;1-25-6-4-13(5-7-25)20-18-3-2-17(23)9-14(18)8-15(12-26)19-10-16(22)11-24-21(19)20/h4-5,10-13,15,21H,3,6-9H2,1-2H3;2-3,8-11,13,20,26H,4-7,12H2,1H3. The van der Waals surface area contributed by atoms with Crippen molar-refractivity contribution in [2.45, 2.75) is 50.9 Å². The van der Waals surface area contributed by atoms with Gasteiger partial charge >= 0.3 is 0 Å². The summed E-state index contributed by atoms with van der Waals surface area (Å²) >= 11 is 19.8. The summed E-state index contributed by atoms with van der Waals surface area (Å²) in [5, 5.41) is 11.6. The van der Waals surface area contributed by atoms with Crippen molar-refractivity contribution in [2.75, 3.05) is 46.9 Å². The van der Waals surface area contributed by atoms with Crippen LogP contribution in [0, 0.1) is 11.8 Å². The van der Waals surface area contributed by atoms with Crippen LogP contribution in [0.4, 0.5) is 0 Å². The molecule has 2 aliphatic carbocycles. The van der Waals surface area contributed by atoms with Crippen molar-refractivity contribution in [3.63, 3.8) is 0 Å². The summed E-state index contributed by atoms with van der Waals surface area (Å²) in [5.74, 6) is 1.70. The summed E-state index contributed by atoms with van der Waals surface area (Å²) in [6.07, 6.45) is 13.9. The molecule has 2 aromatic carbocycles. The van der Waals surface area contributed by atoms with Gasteiger partial charge in [0.05, 0.1) is 18.0 Å². The quantitative estimate of drug-likeness (QED) is 0.221. The van der Waals surface area contributed by atoms with E-state index in [0.29, 0.717) is 17.8 Å². The molecule has 2 atom stereocenters. The van der Waals surface area contributed by atoms with Gasteiger partial charge in [-0.05, 0) is 192 Å². The average Bonchev–Trinajstić information content (AvgIpc) is 3.35. The second-order valence-electron chi connectivity index (χ2n) is 14.8. The fourth-order valence-corrected chi connectivity index (χ4v) is 9.77. The van der Waals surface area contributed by atoms with Crippen LogP contribution in [0.2, 0.25) is 10.0 Å². The SMILES string of the molecule is CCC1=Cc2cc(Cl)ccc2C(C2CCN(C)CC2)c2ncc(Br)cc21.CN1CCC(C2c3ccc(Cl)cc3C=C(CO)c3cc(Br)cnc32)CC1. The number of benzene rings is 2. The minimum Gasteiger partial charge on any atom is -0.392 e. The first-order valence-electron chi connectivity index (χ1n) is 18.4. The number of halogens is 4. The van der Waals surface area contributed by atoms with E-state index in [-0.39, 0.29) is 12.5 Å². The lowest BCUT2D eigenvalue weighted by atomic mass is 9.76. The van der Waals surface area contributed by atoms with E-state index in [4.69, 9.17) is 33.2 Å². The molecule has 52 heavy (non-hydrogen) atoms. The van der Waals surface area contributed by atoms with Crippen LogP contribution < -0.4 is 0 Å². The van der Waals surface area contributed by atoms with E-state index >= 15 is 0 Å². The Morgan fingerprint density at radius 1 is 0.673 bits per heavy atom. The van der Waals surface area contributed by atoms with E-state index in [1.165, 1.54) is 46.4 Å². The number of aliphatic hydroxyl groups is 1. The first-order chi connectivity index (χ1) is 25.1. The van der Waals surface area contributed by atoms with E-state index in [1.807, 2.05) is 30.6 Å². The van der Waals surface area contributed by atoms with Gasteiger partial charge in [-0.15, -0.1) is 0 Å². The molecule has 4 heterocycles. The Balaban J connectivity index is 0.000000162. The molecule has 2 aliphatic heterocycles. The number of aliphatic hydroxyl groups excluding tert-OH is 1. The van der Waals surface area contributed by atoms with E-state index in [9.17, 15) is 5.11 Å². The van der Waals surface area contributed by atoms with Gasteiger partial charge in [0.1, 0.15) is 0 Å². The Kier molecular flexibility index (Phi) is 12.1. The first kappa shape index (κ1) is 37.9. The predicted octanol–water partition coefficient (Wildman–Crippen LogP) is 11.1. The highest BCUT2D eigenvalue weighted by molar-refractivity contribution is 9.10. The number of likely N-dealkylation sites (tertiary alicyclic amines) is 2. The molecule has 4 aliphatic rings. The molecular formula is C43H46Br2Cl2N4O. The lowest BCUT2D eigenvalue weighted by Gasteiger charge is -2.35. The normalized spacial score (nSPS) is 20.9. The molecule has 2 aromatic heterocycles. The number of rotatable bonds is 4. The van der Waals surface area contributed by atoms with Crippen molar-refractivity contribution in [3.8, 4) is 0 Å². The van der Waals surface area contributed by atoms with Crippen molar-refractivity contribution >= 4 is 78.4 Å². The van der Waals surface area contributed by atoms with Crippen LogP contribution in [0.3, 0.4) is 0 Å². The van der Waals surface area contributed by atoms with E-state index in [2.05, 4.69) is 105 Å². The number of aromatic nitrogens is 2. The lowest BCUT2D eigenvalue weighted by Crippen LogP contribution is -2.33. The molecule has 0 radical (unpaired) electrons. The molecule has 5 nitrogen and oxygen atoms in total. The molecule has 9 heteroatoms. The summed E-state index contributed by atoms with van der Waals surface area (Å²) in [7, 11) is 4.41. The summed E-state index contributed by atoms with van der Waals surface area (Å²) in [5.41, 5.74) is 11.9. The highest BCUT2D eigenvalue weighted by atomic mass is 79.9. The molecule has 8 rings (SSSR count). The molecule has 2 fully saturated rings. The molecule has 2 saturated heterocycles. The highest BCUT2D eigenvalue weighted by Gasteiger charge is 2.35. The van der Waals surface area contributed by atoms with Crippen molar-refractivity contribution in [1.82, 2.24) is 19.8 Å². The van der Waals surface area contributed by atoms with Crippen LogP contribution in [-0.2, 0) is 0 Å². The number of fused-ring (bicyclic) bond motifs is 4. The van der Waals surface area contributed by atoms with Crippen LogP contribution in [-0.4, -0.2) is 71.8 Å². The molecule has 0 saturated carbocycles. The van der Waals surface area contributed by atoms with Crippen molar-refractivity contribution < 1.29 is 5.11 Å². The van der Waals surface area contributed by atoms with Crippen LogP contribution in [0.25, 0.3) is 23.3 Å². The maximum absolute atomic E-state index is 10.0. The second-order valence-corrected chi connectivity index (χ2v) is 17.5. The lowest BCUT2D eigenvalue weighted by molar-refractivity contribution is 0.206. The third kappa shape index (κ3) is 8.02. The van der Waals surface area contributed by atoms with Crippen molar-refractivity contribution in [1.29, 1.82) is 0 Å². The van der Waals surface area contributed by atoms with Gasteiger partial charge in [0, 0.05) is 54.3 Å². The van der Waals surface area contributed by atoms with Gasteiger partial charge in [0.2, 0.25) is 0 Å². The van der Waals surface area contributed by atoms with Gasteiger partial charge in [0.25, 0.3) is 0 Å². The molecule has 0 bridgehead atoms. The fourth-order valence-electron chi connectivity index (χ4n) is 8.74.